The van der Waals surface area contributed by atoms with Gasteiger partial charge in [0.25, 0.3) is 0 Å². The minimum atomic E-state index is -0.208. The number of carbonyl (C=O) groups is 1. The van der Waals surface area contributed by atoms with Gasteiger partial charge in [-0.25, -0.2) is 0 Å². The molecule has 0 amide bonds. The number of esters is 1. The Kier molecular flexibility index (Phi) is 4.35. The monoisotopic (exact) mass is 201 g/mol. The van der Waals surface area contributed by atoms with Crippen molar-refractivity contribution in [2.45, 2.75) is 31.9 Å². The van der Waals surface area contributed by atoms with Crippen LogP contribution in [0.15, 0.2) is 0 Å². The van der Waals surface area contributed by atoms with Crippen LogP contribution in [0.2, 0.25) is 0 Å². The fraction of sp³-hybridized carbons (Fsp3) is 0.900. The number of hydrogen-bond acceptors (Lipinski definition) is 4. The van der Waals surface area contributed by atoms with Crippen molar-refractivity contribution in [1.29, 1.82) is 0 Å². The molecule has 1 rings (SSSR count). The molecule has 14 heavy (non-hydrogen) atoms. The molecule has 1 saturated heterocycles. The van der Waals surface area contributed by atoms with Crippen LogP contribution in [0.25, 0.3) is 0 Å². The first-order valence-electron chi connectivity index (χ1n) is 5.04. The quantitative estimate of drug-likeness (QED) is 0.675. The van der Waals surface area contributed by atoms with Gasteiger partial charge in [-0.2, -0.15) is 0 Å². The Morgan fingerprint density at radius 2 is 2.21 bits per heavy atom. The van der Waals surface area contributed by atoms with E-state index in [2.05, 4.69) is 5.32 Å². The van der Waals surface area contributed by atoms with Crippen molar-refractivity contribution >= 4 is 5.97 Å². The smallest absolute Gasteiger partial charge is 0.311 e. The van der Waals surface area contributed by atoms with Gasteiger partial charge in [-0.3, -0.25) is 4.79 Å². The molecular weight excluding hydrogens is 182 g/mol. The van der Waals surface area contributed by atoms with Gasteiger partial charge in [0.05, 0.1) is 19.1 Å². The fourth-order valence-electron chi connectivity index (χ4n) is 2.03. The van der Waals surface area contributed by atoms with Crippen molar-refractivity contribution in [3.05, 3.63) is 0 Å². The highest BCUT2D eigenvalue weighted by Crippen LogP contribution is 2.19. The van der Waals surface area contributed by atoms with Gasteiger partial charge in [0.15, 0.2) is 0 Å². The van der Waals surface area contributed by atoms with Crippen LogP contribution in [0.5, 0.6) is 0 Å². The summed E-state index contributed by atoms with van der Waals surface area (Å²) in [5.74, 6) is -0.411. The number of carbonyl (C=O) groups excluding carboxylic acids is 1. The molecule has 3 atom stereocenters. The molecule has 0 spiro atoms. The molecule has 1 N–H and O–H groups in total. The molecule has 4 heteroatoms. The molecule has 0 saturated carbocycles. The molecule has 0 aromatic rings. The lowest BCUT2D eigenvalue weighted by atomic mass is 9.96. The van der Waals surface area contributed by atoms with Crippen LogP contribution in [0, 0.1) is 5.92 Å². The highest BCUT2D eigenvalue weighted by atomic mass is 16.5. The van der Waals surface area contributed by atoms with Crippen molar-refractivity contribution in [1.82, 2.24) is 5.32 Å². The van der Waals surface area contributed by atoms with Gasteiger partial charge in [0.2, 0.25) is 0 Å². The maximum absolute atomic E-state index is 11.3. The number of hydrogen-bond donors (Lipinski definition) is 1. The Hall–Kier alpha value is -0.610. The van der Waals surface area contributed by atoms with E-state index in [1.807, 2.05) is 6.92 Å². The Bertz CT molecular complexity index is 190. The number of nitrogens with one attached hydrogen (secondary N) is 1. The SMILES string of the molecule is COC(=O)C(C)[C@@H](OC)[C@@H]1CCCN1. The minimum absolute atomic E-state index is 0.0788. The van der Waals surface area contributed by atoms with E-state index in [4.69, 9.17) is 9.47 Å². The van der Waals surface area contributed by atoms with E-state index in [1.54, 1.807) is 7.11 Å². The van der Waals surface area contributed by atoms with E-state index in [9.17, 15) is 4.79 Å². The summed E-state index contributed by atoms with van der Waals surface area (Å²) >= 11 is 0. The minimum Gasteiger partial charge on any atom is -0.469 e. The van der Waals surface area contributed by atoms with E-state index >= 15 is 0 Å². The topological polar surface area (TPSA) is 47.6 Å². The predicted octanol–water partition coefficient (Wildman–Crippen LogP) is 0.562. The molecule has 0 aromatic carbocycles. The normalized spacial score (nSPS) is 25.8. The molecule has 1 aliphatic rings. The van der Waals surface area contributed by atoms with Crippen molar-refractivity contribution in [2.24, 2.45) is 5.92 Å². The van der Waals surface area contributed by atoms with Gasteiger partial charge in [-0.05, 0) is 26.3 Å². The molecule has 4 nitrogen and oxygen atoms in total. The first kappa shape index (κ1) is 11.5. The number of methoxy groups -OCH3 is 2. The Morgan fingerprint density at radius 3 is 2.64 bits per heavy atom. The van der Waals surface area contributed by atoms with Gasteiger partial charge in [0, 0.05) is 13.2 Å². The highest BCUT2D eigenvalue weighted by molar-refractivity contribution is 5.72. The molecule has 1 aliphatic heterocycles. The van der Waals surface area contributed by atoms with Gasteiger partial charge in [0.1, 0.15) is 0 Å². The fourth-order valence-corrected chi connectivity index (χ4v) is 2.03. The summed E-state index contributed by atoms with van der Waals surface area (Å²) < 4.78 is 10.1. The maximum Gasteiger partial charge on any atom is 0.311 e. The van der Waals surface area contributed by atoms with Crippen LogP contribution in [-0.4, -0.2) is 38.9 Å². The molecule has 1 fully saturated rings. The third kappa shape index (κ3) is 2.45. The molecule has 1 unspecified atom stereocenters. The van der Waals surface area contributed by atoms with Crippen LogP contribution in [0.3, 0.4) is 0 Å². The van der Waals surface area contributed by atoms with Crippen LogP contribution >= 0.6 is 0 Å². The average Bonchev–Trinajstić information content (AvgIpc) is 2.71. The second-order valence-electron chi connectivity index (χ2n) is 3.71. The van der Waals surface area contributed by atoms with E-state index in [0.717, 1.165) is 19.4 Å². The van der Waals surface area contributed by atoms with Crippen LogP contribution in [-0.2, 0) is 14.3 Å². The Labute approximate surface area is 85.0 Å². The maximum atomic E-state index is 11.3. The summed E-state index contributed by atoms with van der Waals surface area (Å²) in [6.45, 7) is 2.86. The molecule has 0 aromatic heterocycles. The number of rotatable bonds is 4. The third-order valence-electron chi connectivity index (χ3n) is 2.83. The molecule has 1 heterocycles. The lowest BCUT2D eigenvalue weighted by Crippen LogP contribution is -2.43. The summed E-state index contributed by atoms with van der Waals surface area (Å²) in [5.41, 5.74) is 0. The highest BCUT2D eigenvalue weighted by Gasteiger charge is 2.33. The van der Waals surface area contributed by atoms with Crippen LogP contribution < -0.4 is 5.32 Å². The molecule has 82 valence electrons. The lowest BCUT2D eigenvalue weighted by Gasteiger charge is -2.26. The Balaban J connectivity index is 2.55. The predicted molar refractivity (Wildman–Crippen MR) is 53.0 cm³/mol. The van der Waals surface area contributed by atoms with Crippen molar-refractivity contribution in [3.8, 4) is 0 Å². The summed E-state index contributed by atoms with van der Waals surface area (Å²) in [7, 11) is 3.05. The first-order valence-corrected chi connectivity index (χ1v) is 5.04. The summed E-state index contributed by atoms with van der Waals surface area (Å²) in [4.78, 5) is 11.3. The van der Waals surface area contributed by atoms with Crippen molar-refractivity contribution in [2.75, 3.05) is 20.8 Å². The summed E-state index contributed by atoms with van der Waals surface area (Å²) in [6, 6.07) is 0.286. The largest absolute Gasteiger partial charge is 0.469 e. The first-order chi connectivity index (χ1) is 6.70. The molecule has 0 aliphatic carbocycles. The van der Waals surface area contributed by atoms with Gasteiger partial charge >= 0.3 is 5.97 Å². The van der Waals surface area contributed by atoms with Gasteiger partial charge in [-0.1, -0.05) is 0 Å². The average molecular weight is 201 g/mol. The molecule has 0 radical (unpaired) electrons. The standard InChI is InChI=1S/C10H19NO3/c1-7(10(12)14-3)9(13-2)8-5-4-6-11-8/h7-9,11H,4-6H2,1-3H3/t7?,8-,9+/m0/s1. The van der Waals surface area contributed by atoms with Crippen molar-refractivity contribution in [3.63, 3.8) is 0 Å². The van der Waals surface area contributed by atoms with E-state index in [-0.39, 0.29) is 24.0 Å². The second kappa shape index (κ2) is 5.32. The van der Waals surface area contributed by atoms with Crippen LogP contribution in [0.4, 0.5) is 0 Å². The molecule has 0 bridgehead atoms. The van der Waals surface area contributed by atoms with Crippen LogP contribution in [0.1, 0.15) is 19.8 Å². The molecular formula is C10H19NO3. The summed E-state index contributed by atoms with van der Waals surface area (Å²) in [5, 5.41) is 3.33. The second-order valence-corrected chi connectivity index (χ2v) is 3.71. The Morgan fingerprint density at radius 1 is 1.50 bits per heavy atom. The van der Waals surface area contributed by atoms with E-state index in [1.165, 1.54) is 7.11 Å². The van der Waals surface area contributed by atoms with E-state index < -0.39 is 0 Å². The zero-order valence-corrected chi connectivity index (χ0v) is 9.08. The van der Waals surface area contributed by atoms with E-state index in [0.29, 0.717) is 0 Å². The lowest BCUT2D eigenvalue weighted by molar-refractivity contribution is -0.150. The van der Waals surface area contributed by atoms with Gasteiger partial charge in [-0.15, -0.1) is 0 Å². The zero-order valence-electron chi connectivity index (χ0n) is 9.08. The third-order valence-corrected chi connectivity index (χ3v) is 2.83. The van der Waals surface area contributed by atoms with Crippen molar-refractivity contribution < 1.29 is 14.3 Å². The van der Waals surface area contributed by atoms with Gasteiger partial charge < -0.3 is 14.8 Å². The zero-order chi connectivity index (χ0) is 10.6. The number of ether oxygens (including phenoxy) is 2. The summed E-state index contributed by atoms with van der Waals surface area (Å²) in [6.07, 6.45) is 2.14.